The SMILES string of the molecule is NC(c1ccc(Cl)cc1)c1cc2cccc(Cl)c2o1. The monoisotopic (exact) mass is 291 g/mol. The molecule has 3 aromatic rings. The lowest BCUT2D eigenvalue weighted by molar-refractivity contribution is 0.525. The maximum Gasteiger partial charge on any atom is 0.152 e. The maximum atomic E-state index is 6.20. The highest BCUT2D eigenvalue weighted by atomic mass is 35.5. The minimum absolute atomic E-state index is 0.333. The van der Waals surface area contributed by atoms with E-state index in [9.17, 15) is 0 Å². The molecule has 3 rings (SSSR count). The van der Waals surface area contributed by atoms with Gasteiger partial charge in [-0.15, -0.1) is 0 Å². The van der Waals surface area contributed by atoms with Gasteiger partial charge >= 0.3 is 0 Å². The van der Waals surface area contributed by atoms with E-state index in [0.717, 1.165) is 10.9 Å². The van der Waals surface area contributed by atoms with Crippen LogP contribution in [0.4, 0.5) is 0 Å². The van der Waals surface area contributed by atoms with E-state index in [1.165, 1.54) is 0 Å². The van der Waals surface area contributed by atoms with Gasteiger partial charge in [-0.3, -0.25) is 0 Å². The molecule has 1 heterocycles. The van der Waals surface area contributed by atoms with Crippen LogP contribution in [0.25, 0.3) is 11.0 Å². The number of furan rings is 1. The van der Waals surface area contributed by atoms with Crippen molar-refractivity contribution < 1.29 is 4.42 Å². The van der Waals surface area contributed by atoms with Crippen molar-refractivity contribution in [2.24, 2.45) is 5.73 Å². The number of para-hydroxylation sites is 1. The fraction of sp³-hybridized carbons (Fsp3) is 0.0667. The molecule has 0 saturated carbocycles. The summed E-state index contributed by atoms with van der Waals surface area (Å²) in [6.07, 6.45) is 0. The Labute approximate surface area is 120 Å². The number of hydrogen-bond acceptors (Lipinski definition) is 2. The second-order valence-corrected chi connectivity index (χ2v) is 5.18. The van der Waals surface area contributed by atoms with Crippen LogP contribution in [0.5, 0.6) is 0 Å². The molecule has 2 aromatic carbocycles. The van der Waals surface area contributed by atoms with E-state index in [1.54, 1.807) is 6.07 Å². The van der Waals surface area contributed by atoms with Gasteiger partial charge < -0.3 is 10.2 Å². The molecule has 1 aromatic heterocycles. The Morgan fingerprint density at radius 1 is 1.00 bits per heavy atom. The van der Waals surface area contributed by atoms with Crippen molar-refractivity contribution in [1.82, 2.24) is 0 Å². The number of hydrogen-bond donors (Lipinski definition) is 1. The van der Waals surface area contributed by atoms with Crippen LogP contribution in [-0.2, 0) is 0 Å². The van der Waals surface area contributed by atoms with Gasteiger partial charge in [0.15, 0.2) is 5.58 Å². The van der Waals surface area contributed by atoms with Crippen LogP contribution in [0.2, 0.25) is 10.0 Å². The van der Waals surface area contributed by atoms with Gasteiger partial charge in [-0.2, -0.15) is 0 Å². The quantitative estimate of drug-likeness (QED) is 0.737. The summed E-state index contributed by atoms with van der Waals surface area (Å²) in [5.41, 5.74) is 7.81. The first-order valence-corrected chi connectivity index (χ1v) is 6.60. The van der Waals surface area contributed by atoms with Gasteiger partial charge in [-0.05, 0) is 29.8 Å². The largest absolute Gasteiger partial charge is 0.457 e. The number of nitrogens with two attached hydrogens (primary N) is 1. The van der Waals surface area contributed by atoms with Gasteiger partial charge in [0, 0.05) is 10.4 Å². The Morgan fingerprint density at radius 2 is 1.74 bits per heavy atom. The molecule has 0 aliphatic carbocycles. The van der Waals surface area contributed by atoms with E-state index in [0.29, 0.717) is 21.4 Å². The van der Waals surface area contributed by atoms with Crippen LogP contribution in [0.1, 0.15) is 17.4 Å². The first-order valence-electron chi connectivity index (χ1n) is 5.84. The van der Waals surface area contributed by atoms with Gasteiger partial charge in [-0.1, -0.05) is 47.5 Å². The molecule has 2 nitrogen and oxygen atoms in total. The molecule has 0 spiro atoms. The van der Waals surface area contributed by atoms with Gasteiger partial charge in [0.2, 0.25) is 0 Å². The molecule has 0 saturated heterocycles. The second-order valence-electron chi connectivity index (χ2n) is 4.34. The van der Waals surface area contributed by atoms with E-state index in [4.69, 9.17) is 33.4 Å². The summed E-state index contributed by atoms with van der Waals surface area (Å²) in [6.45, 7) is 0. The van der Waals surface area contributed by atoms with Crippen LogP contribution >= 0.6 is 23.2 Å². The van der Waals surface area contributed by atoms with Crippen LogP contribution in [-0.4, -0.2) is 0 Å². The van der Waals surface area contributed by atoms with Crippen molar-refractivity contribution in [3.05, 3.63) is 69.9 Å². The fourth-order valence-electron chi connectivity index (χ4n) is 2.04. The van der Waals surface area contributed by atoms with Gasteiger partial charge in [0.1, 0.15) is 5.76 Å². The Kier molecular flexibility index (Phi) is 3.23. The highest BCUT2D eigenvalue weighted by Crippen LogP contribution is 2.31. The third-order valence-corrected chi connectivity index (χ3v) is 3.60. The average molecular weight is 292 g/mol. The molecule has 0 amide bonds. The topological polar surface area (TPSA) is 39.2 Å². The molecule has 0 radical (unpaired) electrons. The Balaban J connectivity index is 2.04. The first-order chi connectivity index (χ1) is 9.15. The predicted octanol–water partition coefficient (Wildman–Crippen LogP) is 4.79. The molecule has 0 bridgehead atoms. The van der Waals surface area contributed by atoms with Crippen molar-refractivity contribution in [3.8, 4) is 0 Å². The average Bonchev–Trinajstić information content (AvgIpc) is 2.84. The zero-order chi connectivity index (χ0) is 13.4. The standard InChI is InChI=1S/C15H11Cl2NO/c16-11-6-4-9(5-7-11)14(18)13-8-10-2-1-3-12(17)15(10)19-13/h1-8,14H,18H2. The number of halogens is 2. The summed E-state index contributed by atoms with van der Waals surface area (Å²) >= 11 is 12.0. The van der Waals surface area contributed by atoms with Gasteiger partial charge in [-0.25, -0.2) is 0 Å². The normalized spacial score (nSPS) is 12.8. The molecule has 19 heavy (non-hydrogen) atoms. The molecular weight excluding hydrogens is 281 g/mol. The summed E-state index contributed by atoms with van der Waals surface area (Å²) in [7, 11) is 0. The molecule has 4 heteroatoms. The van der Waals surface area contributed by atoms with Crippen LogP contribution < -0.4 is 5.73 Å². The zero-order valence-electron chi connectivity index (χ0n) is 9.94. The minimum atomic E-state index is -0.333. The van der Waals surface area contributed by atoms with E-state index in [1.807, 2.05) is 42.5 Å². The summed E-state index contributed by atoms with van der Waals surface area (Å²) in [5, 5.41) is 2.22. The molecule has 1 atom stereocenters. The lowest BCUT2D eigenvalue weighted by Gasteiger charge is -2.08. The second kappa shape index (κ2) is 4.89. The van der Waals surface area contributed by atoms with Crippen molar-refractivity contribution in [1.29, 1.82) is 0 Å². The maximum absolute atomic E-state index is 6.20. The van der Waals surface area contributed by atoms with E-state index >= 15 is 0 Å². The Bertz CT molecular complexity index is 719. The molecule has 0 aliphatic heterocycles. The lowest BCUT2D eigenvalue weighted by Crippen LogP contribution is -2.10. The van der Waals surface area contributed by atoms with Crippen LogP contribution in [0, 0.1) is 0 Å². The first kappa shape index (κ1) is 12.5. The Morgan fingerprint density at radius 3 is 2.42 bits per heavy atom. The van der Waals surface area contributed by atoms with Crippen molar-refractivity contribution in [2.45, 2.75) is 6.04 Å². The smallest absolute Gasteiger partial charge is 0.152 e. The van der Waals surface area contributed by atoms with Crippen molar-refractivity contribution in [3.63, 3.8) is 0 Å². The van der Waals surface area contributed by atoms with E-state index in [-0.39, 0.29) is 6.04 Å². The molecule has 0 fully saturated rings. The van der Waals surface area contributed by atoms with Crippen molar-refractivity contribution in [2.75, 3.05) is 0 Å². The summed E-state index contributed by atoms with van der Waals surface area (Å²) in [4.78, 5) is 0. The third-order valence-electron chi connectivity index (χ3n) is 3.05. The summed E-state index contributed by atoms with van der Waals surface area (Å²) in [6, 6.07) is 14.6. The number of rotatable bonds is 2. The molecule has 1 unspecified atom stereocenters. The lowest BCUT2D eigenvalue weighted by atomic mass is 10.1. The molecule has 2 N–H and O–H groups in total. The van der Waals surface area contributed by atoms with Gasteiger partial charge in [0.05, 0.1) is 11.1 Å². The fourth-order valence-corrected chi connectivity index (χ4v) is 2.38. The molecule has 96 valence electrons. The van der Waals surface area contributed by atoms with E-state index < -0.39 is 0 Å². The van der Waals surface area contributed by atoms with Crippen molar-refractivity contribution >= 4 is 34.2 Å². The highest BCUT2D eigenvalue weighted by Gasteiger charge is 2.15. The molecule has 0 aliphatic rings. The number of fused-ring (bicyclic) bond motifs is 1. The molecular formula is C15H11Cl2NO. The highest BCUT2D eigenvalue weighted by molar-refractivity contribution is 6.34. The minimum Gasteiger partial charge on any atom is -0.457 e. The third kappa shape index (κ3) is 2.35. The Hall–Kier alpha value is -1.48. The predicted molar refractivity (Wildman–Crippen MR) is 78.7 cm³/mol. The summed E-state index contributed by atoms with van der Waals surface area (Å²) < 4.78 is 5.76. The van der Waals surface area contributed by atoms with Gasteiger partial charge in [0.25, 0.3) is 0 Å². The van der Waals surface area contributed by atoms with E-state index in [2.05, 4.69) is 0 Å². The summed E-state index contributed by atoms with van der Waals surface area (Å²) in [5.74, 6) is 0.686. The number of benzene rings is 2. The van der Waals surface area contributed by atoms with Crippen LogP contribution in [0.15, 0.2) is 52.9 Å². The van der Waals surface area contributed by atoms with Crippen LogP contribution in [0.3, 0.4) is 0 Å². The zero-order valence-corrected chi connectivity index (χ0v) is 11.4.